The highest BCUT2D eigenvalue weighted by Crippen LogP contribution is 2.53. The topological polar surface area (TPSA) is 111 Å². The molecule has 15 heteroatoms. The van der Waals surface area contributed by atoms with Crippen molar-refractivity contribution in [1.29, 1.82) is 0 Å². The summed E-state index contributed by atoms with van der Waals surface area (Å²) in [6.45, 7) is 2.94. The van der Waals surface area contributed by atoms with Gasteiger partial charge in [-0.15, -0.1) is 0 Å². The van der Waals surface area contributed by atoms with Gasteiger partial charge in [0, 0.05) is 18.7 Å². The molecule has 3 aliphatic rings. The minimum absolute atomic E-state index is 0.00532. The lowest BCUT2D eigenvalue weighted by Crippen LogP contribution is -2.57. The first kappa shape index (κ1) is 31.1. The molecule has 3 amide bonds. The van der Waals surface area contributed by atoms with Crippen molar-refractivity contribution in [2.45, 2.75) is 79.6 Å². The Balaban J connectivity index is 1.63. The van der Waals surface area contributed by atoms with Crippen molar-refractivity contribution in [3.63, 3.8) is 0 Å². The number of carbonyl (C=O) groups excluding carboxylic acids is 2. The number of hydrazine groups is 1. The number of alkyl halides is 4. The molecule has 43 heavy (non-hydrogen) atoms. The number of rotatable bonds is 5. The monoisotopic (exact) mass is 630 g/mol. The predicted molar refractivity (Wildman–Crippen MR) is 142 cm³/mol. The van der Waals surface area contributed by atoms with Crippen LogP contribution < -0.4 is 0 Å². The number of aliphatic hydroxyl groups is 1. The van der Waals surface area contributed by atoms with E-state index >= 15 is 0 Å². The fraction of sp³-hybridized carbons (Fsp3) is 0.536. The fourth-order valence-electron chi connectivity index (χ4n) is 6.33. The lowest BCUT2D eigenvalue weighted by molar-refractivity contribution is -0.230. The zero-order chi connectivity index (χ0) is 31.8. The molecule has 1 aromatic heterocycles. The third-order valence-corrected chi connectivity index (χ3v) is 11.0. The van der Waals surface area contributed by atoms with Crippen molar-refractivity contribution in [3.8, 4) is 0 Å². The van der Waals surface area contributed by atoms with Gasteiger partial charge in [-0.2, -0.15) is 13.2 Å². The molecular formula is C28H31F5N4O5S. The molecule has 5 rings (SSSR count). The molecule has 3 heterocycles. The van der Waals surface area contributed by atoms with Gasteiger partial charge in [0.2, 0.25) is 11.6 Å². The average Bonchev–Trinajstić information content (AvgIpc) is 3.48. The van der Waals surface area contributed by atoms with Gasteiger partial charge in [-0.1, -0.05) is 12.1 Å². The number of urea groups is 1. The van der Waals surface area contributed by atoms with Gasteiger partial charge in [0.15, 0.2) is 9.84 Å². The Labute approximate surface area is 245 Å². The number of nitrogens with zero attached hydrogens (tertiary/aromatic N) is 4. The molecule has 1 N–H and O–H groups in total. The number of likely N-dealkylation sites (tertiary alicyclic amines) is 1. The second-order valence-corrected chi connectivity index (χ2v) is 14.2. The molecule has 0 spiro atoms. The molecule has 1 aromatic carbocycles. The summed E-state index contributed by atoms with van der Waals surface area (Å²) in [6, 6.07) is 4.43. The number of aryl methyl sites for hydroxylation is 1. The first-order valence-corrected chi connectivity index (χ1v) is 15.2. The van der Waals surface area contributed by atoms with Crippen molar-refractivity contribution in [2.75, 3.05) is 19.6 Å². The van der Waals surface area contributed by atoms with Gasteiger partial charge in [0.1, 0.15) is 10.6 Å². The van der Waals surface area contributed by atoms with Crippen LogP contribution in [0.2, 0.25) is 0 Å². The van der Waals surface area contributed by atoms with Gasteiger partial charge < -0.3 is 10.0 Å². The van der Waals surface area contributed by atoms with Crippen LogP contribution in [0.1, 0.15) is 57.0 Å². The number of benzene rings is 1. The number of carbonyl (C=O) groups is 2. The van der Waals surface area contributed by atoms with Gasteiger partial charge in [-0.3, -0.25) is 9.78 Å². The van der Waals surface area contributed by atoms with Gasteiger partial charge in [0.25, 0.3) is 0 Å². The number of amides is 3. The molecule has 3 atom stereocenters. The minimum Gasteiger partial charge on any atom is -0.389 e. The van der Waals surface area contributed by atoms with E-state index in [2.05, 4.69) is 4.98 Å². The second-order valence-electron chi connectivity index (χ2n) is 12.0. The van der Waals surface area contributed by atoms with Crippen molar-refractivity contribution in [1.82, 2.24) is 19.9 Å². The summed E-state index contributed by atoms with van der Waals surface area (Å²) >= 11 is 0. The normalized spacial score (nSPS) is 24.2. The Hall–Kier alpha value is -3.33. The molecule has 9 nitrogen and oxygen atoms in total. The zero-order valence-corrected chi connectivity index (χ0v) is 24.5. The predicted octanol–water partition coefficient (Wildman–Crippen LogP) is 4.00. The van der Waals surface area contributed by atoms with E-state index in [9.17, 15) is 45.1 Å². The maximum Gasteiger partial charge on any atom is 0.428 e. The van der Waals surface area contributed by atoms with E-state index < -0.39 is 66.4 Å². The first-order valence-electron chi connectivity index (χ1n) is 13.7. The highest BCUT2D eigenvalue weighted by atomic mass is 32.2. The molecule has 2 fully saturated rings. The van der Waals surface area contributed by atoms with E-state index in [4.69, 9.17) is 0 Å². The standard InChI is InChI=1S/C28H31F5N4O5S/c1-25(2,40)16-37-23(38)11-13-36(37)24(39)35-14-12-27(43(41,42)18-6-4-5-17(29)15-18)19-7-9-21(26(3,30)28(31,32)33)34-20(19)8-10-22(27)35/h4-7,9,15,22,40H,8,10-14,16H2,1-3H3. The minimum atomic E-state index is -5.28. The Morgan fingerprint density at radius 3 is 2.42 bits per heavy atom. The summed E-state index contributed by atoms with van der Waals surface area (Å²) < 4.78 is 96.6. The largest absolute Gasteiger partial charge is 0.428 e. The van der Waals surface area contributed by atoms with Crippen molar-refractivity contribution in [2.24, 2.45) is 0 Å². The van der Waals surface area contributed by atoms with Crippen LogP contribution in [-0.2, 0) is 31.5 Å². The summed E-state index contributed by atoms with van der Waals surface area (Å²) in [7, 11) is -4.55. The number of hydrogen-bond donors (Lipinski definition) is 1. The summed E-state index contributed by atoms with van der Waals surface area (Å²) in [5.41, 5.74) is -6.13. The number of hydrogen-bond acceptors (Lipinski definition) is 6. The molecule has 0 saturated carbocycles. The molecule has 3 unspecified atom stereocenters. The molecule has 2 saturated heterocycles. The highest BCUT2D eigenvalue weighted by Gasteiger charge is 2.63. The van der Waals surface area contributed by atoms with E-state index in [1.165, 1.54) is 30.9 Å². The second kappa shape index (κ2) is 10.1. The number of sulfone groups is 1. The van der Waals surface area contributed by atoms with Crippen LogP contribution in [-0.4, -0.2) is 82.8 Å². The number of aromatic nitrogens is 1. The van der Waals surface area contributed by atoms with Crippen LogP contribution in [0.15, 0.2) is 41.3 Å². The third kappa shape index (κ3) is 4.93. The summed E-state index contributed by atoms with van der Waals surface area (Å²) in [4.78, 5) is 31.4. The molecule has 2 aliphatic heterocycles. The zero-order valence-electron chi connectivity index (χ0n) is 23.7. The van der Waals surface area contributed by atoms with Crippen molar-refractivity contribution in [3.05, 3.63) is 59.2 Å². The van der Waals surface area contributed by atoms with Crippen LogP contribution in [0.3, 0.4) is 0 Å². The number of halogens is 5. The quantitative estimate of drug-likeness (QED) is 0.501. The third-order valence-electron chi connectivity index (χ3n) is 8.44. The van der Waals surface area contributed by atoms with Crippen LogP contribution in [0.25, 0.3) is 0 Å². The smallest absolute Gasteiger partial charge is 0.389 e. The number of β-amino-alcohol motifs (C(OH)–C–C–N with tert-alkyl or cyclic N) is 1. The average molecular weight is 631 g/mol. The van der Waals surface area contributed by atoms with Crippen molar-refractivity contribution >= 4 is 21.8 Å². The number of fused-ring (bicyclic) bond motifs is 3. The Morgan fingerprint density at radius 2 is 1.79 bits per heavy atom. The van der Waals surface area contributed by atoms with E-state index in [0.717, 1.165) is 34.3 Å². The highest BCUT2D eigenvalue weighted by molar-refractivity contribution is 7.92. The molecule has 0 radical (unpaired) electrons. The van der Waals surface area contributed by atoms with Crippen molar-refractivity contribution < 1.29 is 45.1 Å². The van der Waals surface area contributed by atoms with Gasteiger partial charge in [-0.25, -0.2) is 32.0 Å². The molecule has 2 aromatic rings. The van der Waals surface area contributed by atoms with Gasteiger partial charge in [0.05, 0.1) is 35.3 Å². The fourth-order valence-corrected chi connectivity index (χ4v) is 8.71. The van der Waals surface area contributed by atoms with Crippen LogP contribution in [0.5, 0.6) is 0 Å². The van der Waals surface area contributed by atoms with Crippen LogP contribution in [0.4, 0.5) is 26.7 Å². The van der Waals surface area contributed by atoms with E-state index in [-0.39, 0.29) is 56.6 Å². The van der Waals surface area contributed by atoms with Crippen LogP contribution in [0, 0.1) is 5.82 Å². The molecule has 1 aliphatic carbocycles. The van der Waals surface area contributed by atoms with Gasteiger partial charge >= 0.3 is 12.2 Å². The van der Waals surface area contributed by atoms with Gasteiger partial charge in [-0.05, 0) is 69.9 Å². The lowest BCUT2D eigenvalue weighted by atomic mass is 9.80. The number of pyridine rings is 1. The Morgan fingerprint density at radius 1 is 1.09 bits per heavy atom. The van der Waals surface area contributed by atoms with E-state index in [1.807, 2.05) is 0 Å². The first-order chi connectivity index (χ1) is 19.8. The molecule has 0 bridgehead atoms. The Bertz CT molecular complexity index is 1580. The van der Waals surface area contributed by atoms with Crippen LogP contribution >= 0.6 is 0 Å². The summed E-state index contributed by atoms with van der Waals surface area (Å²) in [5, 5.41) is 12.6. The molecular weight excluding hydrogens is 599 g/mol. The maximum atomic E-state index is 14.9. The maximum absolute atomic E-state index is 14.9. The van der Waals surface area contributed by atoms with E-state index in [1.54, 1.807) is 0 Å². The Kier molecular flexibility index (Phi) is 7.31. The summed E-state index contributed by atoms with van der Waals surface area (Å²) in [5.74, 6) is -1.24. The van der Waals surface area contributed by atoms with E-state index in [0.29, 0.717) is 6.92 Å². The molecule has 234 valence electrons. The lowest BCUT2D eigenvalue weighted by Gasteiger charge is -2.43. The summed E-state index contributed by atoms with van der Waals surface area (Å²) in [6.07, 6.45) is -5.64. The SMILES string of the molecule is CC(C)(O)CN1C(=O)CCN1C(=O)N1CCC2(S(=O)(=O)c3cccc(F)c3)c3ccc(C(C)(F)C(F)(F)F)nc3CCC12.